The third-order valence-electron chi connectivity index (χ3n) is 5.07. The van der Waals surface area contributed by atoms with Crippen molar-refractivity contribution < 1.29 is 9.84 Å². The van der Waals surface area contributed by atoms with Gasteiger partial charge in [0.1, 0.15) is 0 Å². The number of ether oxygens (including phenoxy) is 1. The average molecular weight is 384 g/mol. The summed E-state index contributed by atoms with van der Waals surface area (Å²) in [5.74, 6) is 0. The van der Waals surface area contributed by atoms with Gasteiger partial charge in [0.2, 0.25) is 0 Å². The maximum absolute atomic E-state index is 8.79. The van der Waals surface area contributed by atoms with Gasteiger partial charge < -0.3 is 14.7 Å². The maximum atomic E-state index is 8.79. The molecule has 2 aliphatic heterocycles. The average Bonchev–Trinajstić information content (AvgIpc) is 2.91. The predicted octanol–water partition coefficient (Wildman–Crippen LogP) is 2.92. The number of nitrogens with zero attached hydrogens (tertiary/aromatic N) is 3. The smallest absolute Gasteiger partial charge is 0.0698 e. The van der Waals surface area contributed by atoms with Crippen LogP contribution in [0.4, 0.5) is 5.69 Å². The molecule has 1 saturated heterocycles. The number of rotatable bonds is 6. The SMILES string of the molecule is OCCOCCN1CCN(c2cccc3c2-c2ccccc2SN=C3)CC1. The van der Waals surface area contributed by atoms with Crippen molar-refractivity contribution in [2.24, 2.45) is 4.40 Å². The van der Waals surface area contributed by atoms with E-state index in [1.165, 1.54) is 27.3 Å². The van der Waals surface area contributed by atoms with Crippen LogP contribution in [0.1, 0.15) is 5.56 Å². The molecule has 0 aliphatic carbocycles. The van der Waals surface area contributed by atoms with Crippen LogP contribution >= 0.6 is 11.9 Å². The number of piperazine rings is 1. The molecule has 142 valence electrons. The van der Waals surface area contributed by atoms with E-state index in [1.807, 2.05) is 6.21 Å². The molecule has 0 aromatic heterocycles. The highest BCUT2D eigenvalue weighted by Crippen LogP contribution is 2.41. The zero-order valence-corrected chi connectivity index (χ0v) is 16.2. The van der Waals surface area contributed by atoms with Gasteiger partial charge in [-0.1, -0.05) is 30.3 Å². The standard InChI is InChI=1S/C21H25N3O2S/c25-13-15-26-14-12-23-8-10-24(11-9-23)19-6-3-4-17-16-22-27-20-7-2-1-5-18(20)21(17)19/h1-7,16,25H,8-15H2. The molecule has 5 nitrogen and oxygen atoms in total. The second-order valence-electron chi connectivity index (χ2n) is 6.73. The molecule has 2 aromatic rings. The van der Waals surface area contributed by atoms with Gasteiger partial charge in [-0.3, -0.25) is 4.90 Å². The van der Waals surface area contributed by atoms with E-state index >= 15 is 0 Å². The summed E-state index contributed by atoms with van der Waals surface area (Å²) in [5, 5.41) is 8.79. The molecule has 0 amide bonds. The number of hydrogen-bond acceptors (Lipinski definition) is 6. The highest BCUT2D eigenvalue weighted by Gasteiger charge is 2.23. The lowest BCUT2D eigenvalue weighted by atomic mass is 9.97. The van der Waals surface area contributed by atoms with Crippen LogP contribution in [0.3, 0.4) is 0 Å². The van der Waals surface area contributed by atoms with E-state index in [0.717, 1.165) is 32.7 Å². The number of fused-ring (bicyclic) bond motifs is 3. The molecule has 0 spiro atoms. The van der Waals surface area contributed by atoms with Crippen LogP contribution in [0.5, 0.6) is 0 Å². The van der Waals surface area contributed by atoms with Gasteiger partial charge in [0.05, 0.1) is 19.8 Å². The first-order valence-electron chi connectivity index (χ1n) is 9.45. The second kappa shape index (κ2) is 8.89. The Morgan fingerprint density at radius 1 is 1.00 bits per heavy atom. The van der Waals surface area contributed by atoms with Gasteiger partial charge in [-0.2, -0.15) is 0 Å². The molecule has 0 bridgehead atoms. The van der Waals surface area contributed by atoms with E-state index in [0.29, 0.717) is 13.2 Å². The number of hydrogen-bond donors (Lipinski definition) is 1. The van der Waals surface area contributed by atoms with E-state index in [1.54, 1.807) is 11.9 Å². The van der Waals surface area contributed by atoms with Gasteiger partial charge in [0, 0.05) is 72.6 Å². The molecule has 2 heterocycles. The predicted molar refractivity (Wildman–Crippen MR) is 112 cm³/mol. The molecule has 6 heteroatoms. The summed E-state index contributed by atoms with van der Waals surface area (Å²) in [7, 11) is 0. The topological polar surface area (TPSA) is 48.3 Å². The fourth-order valence-electron chi connectivity index (χ4n) is 3.69. The molecule has 1 N–H and O–H groups in total. The first-order valence-corrected chi connectivity index (χ1v) is 10.2. The highest BCUT2D eigenvalue weighted by atomic mass is 32.2. The Hall–Kier alpha value is -1.86. The van der Waals surface area contributed by atoms with E-state index in [4.69, 9.17) is 9.84 Å². The molecule has 27 heavy (non-hydrogen) atoms. The van der Waals surface area contributed by atoms with Crippen molar-refractivity contribution in [3.8, 4) is 11.1 Å². The number of anilines is 1. The lowest BCUT2D eigenvalue weighted by molar-refractivity contribution is 0.0724. The van der Waals surface area contributed by atoms with Crippen molar-refractivity contribution in [2.75, 3.05) is 57.4 Å². The summed E-state index contributed by atoms with van der Waals surface area (Å²) in [6.07, 6.45) is 1.98. The fraction of sp³-hybridized carbons (Fsp3) is 0.381. The summed E-state index contributed by atoms with van der Waals surface area (Å²) in [6, 6.07) is 15.1. The lowest BCUT2D eigenvalue weighted by Gasteiger charge is -2.37. The van der Waals surface area contributed by atoms with Crippen molar-refractivity contribution in [3.05, 3.63) is 48.0 Å². The Morgan fingerprint density at radius 2 is 1.85 bits per heavy atom. The molecule has 0 radical (unpaired) electrons. The minimum atomic E-state index is 0.0932. The summed E-state index contributed by atoms with van der Waals surface area (Å²) < 4.78 is 9.94. The maximum Gasteiger partial charge on any atom is 0.0698 e. The van der Waals surface area contributed by atoms with Crippen LogP contribution in [0.25, 0.3) is 11.1 Å². The van der Waals surface area contributed by atoms with E-state index in [2.05, 4.69) is 56.7 Å². The van der Waals surface area contributed by atoms with Crippen LogP contribution in [0, 0.1) is 0 Å². The molecule has 2 aromatic carbocycles. The summed E-state index contributed by atoms with van der Waals surface area (Å²) >= 11 is 1.55. The largest absolute Gasteiger partial charge is 0.394 e. The molecular weight excluding hydrogens is 358 g/mol. The number of aliphatic hydroxyl groups is 1. The Labute approximate surface area is 164 Å². The Balaban J connectivity index is 1.52. The lowest BCUT2D eigenvalue weighted by Crippen LogP contribution is -2.47. The van der Waals surface area contributed by atoms with Crippen LogP contribution in [-0.2, 0) is 4.74 Å². The molecule has 1 fully saturated rings. The Morgan fingerprint density at radius 3 is 2.70 bits per heavy atom. The quantitative estimate of drug-likeness (QED) is 0.614. The van der Waals surface area contributed by atoms with E-state index < -0.39 is 0 Å². The molecule has 0 unspecified atom stereocenters. The number of benzene rings is 2. The molecule has 0 atom stereocenters. The van der Waals surface area contributed by atoms with Crippen LogP contribution in [0.2, 0.25) is 0 Å². The highest BCUT2D eigenvalue weighted by molar-refractivity contribution is 7.98. The minimum Gasteiger partial charge on any atom is -0.394 e. The summed E-state index contributed by atoms with van der Waals surface area (Å²) in [5.41, 5.74) is 5.04. The first-order chi connectivity index (χ1) is 13.4. The Kier molecular flexibility index (Phi) is 6.09. The summed E-state index contributed by atoms with van der Waals surface area (Å²) in [6.45, 7) is 6.18. The minimum absolute atomic E-state index is 0.0932. The Bertz CT molecular complexity index is 804. The second-order valence-corrected chi connectivity index (χ2v) is 7.56. The molecule has 2 aliphatic rings. The van der Waals surface area contributed by atoms with Crippen molar-refractivity contribution in [1.82, 2.24) is 4.90 Å². The van der Waals surface area contributed by atoms with Crippen LogP contribution in [0.15, 0.2) is 51.8 Å². The van der Waals surface area contributed by atoms with Crippen LogP contribution in [-0.4, -0.2) is 68.8 Å². The van der Waals surface area contributed by atoms with Gasteiger partial charge in [0.15, 0.2) is 0 Å². The van der Waals surface area contributed by atoms with Crippen LogP contribution < -0.4 is 4.90 Å². The molecule has 0 saturated carbocycles. The van der Waals surface area contributed by atoms with E-state index in [-0.39, 0.29) is 6.61 Å². The molecule has 4 rings (SSSR count). The van der Waals surface area contributed by atoms with Gasteiger partial charge in [-0.25, -0.2) is 4.40 Å². The van der Waals surface area contributed by atoms with Gasteiger partial charge >= 0.3 is 0 Å². The molecular formula is C21H25N3O2S. The zero-order chi connectivity index (χ0) is 18.5. The third kappa shape index (κ3) is 4.19. The normalized spacial score (nSPS) is 16.7. The fourth-order valence-corrected chi connectivity index (χ4v) is 4.38. The van der Waals surface area contributed by atoms with Gasteiger partial charge in [0.25, 0.3) is 0 Å². The first kappa shape index (κ1) is 18.5. The summed E-state index contributed by atoms with van der Waals surface area (Å²) in [4.78, 5) is 6.13. The van der Waals surface area contributed by atoms with Crippen molar-refractivity contribution in [2.45, 2.75) is 4.90 Å². The zero-order valence-electron chi connectivity index (χ0n) is 15.4. The monoisotopic (exact) mass is 383 g/mol. The van der Waals surface area contributed by atoms with Crippen molar-refractivity contribution in [3.63, 3.8) is 0 Å². The van der Waals surface area contributed by atoms with E-state index in [9.17, 15) is 0 Å². The van der Waals surface area contributed by atoms with Crippen molar-refractivity contribution in [1.29, 1.82) is 0 Å². The van der Waals surface area contributed by atoms with Gasteiger partial charge in [-0.15, -0.1) is 0 Å². The third-order valence-corrected chi connectivity index (χ3v) is 5.84. The van der Waals surface area contributed by atoms with Gasteiger partial charge in [-0.05, 0) is 17.7 Å². The van der Waals surface area contributed by atoms with Crippen molar-refractivity contribution >= 4 is 23.8 Å². The number of aliphatic hydroxyl groups excluding tert-OH is 1.